The summed E-state index contributed by atoms with van der Waals surface area (Å²) in [5.74, 6) is -3.28. The number of hydrogen-bond donors (Lipinski definition) is 0. The van der Waals surface area contributed by atoms with E-state index < -0.39 is 5.92 Å². The van der Waals surface area contributed by atoms with Crippen molar-refractivity contribution in [2.75, 3.05) is 33.2 Å². The van der Waals surface area contributed by atoms with Crippen molar-refractivity contribution in [3.05, 3.63) is 34.3 Å². The Morgan fingerprint density at radius 2 is 1.85 bits per heavy atom. The fraction of sp³-hybridized carbons (Fsp3) is 0.500. The first kappa shape index (κ1) is 15.2. The fourth-order valence-corrected chi connectivity index (χ4v) is 2.47. The smallest absolute Gasteiger partial charge is 0.271 e. The van der Waals surface area contributed by atoms with Crippen LogP contribution in [0.4, 0.5) is 8.78 Å². The van der Waals surface area contributed by atoms with Crippen molar-refractivity contribution in [1.82, 2.24) is 9.80 Å². The lowest BCUT2D eigenvalue weighted by Gasteiger charge is -2.32. The molecule has 1 heterocycles. The normalized spacial score (nSPS) is 17.4. The van der Waals surface area contributed by atoms with Gasteiger partial charge >= 0.3 is 0 Å². The van der Waals surface area contributed by atoms with E-state index >= 15 is 0 Å². The molecule has 1 aliphatic heterocycles. The van der Waals surface area contributed by atoms with Gasteiger partial charge in [0.05, 0.1) is 0 Å². The van der Waals surface area contributed by atoms with Gasteiger partial charge in [0.2, 0.25) is 0 Å². The largest absolute Gasteiger partial charge is 0.336 e. The molecule has 1 fully saturated rings. The highest BCUT2D eigenvalue weighted by Gasteiger charge is 2.29. The van der Waals surface area contributed by atoms with Crippen molar-refractivity contribution >= 4 is 17.5 Å². The van der Waals surface area contributed by atoms with Crippen molar-refractivity contribution in [2.45, 2.75) is 12.8 Å². The van der Waals surface area contributed by atoms with Crippen LogP contribution in [0.3, 0.4) is 0 Å². The van der Waals surface area contributed by atoms with Gasteiger partial charge < -0.3 is 9.80 Å². The van der Waals surface area contributed by atoms with Gasteiger partial charge in [-0.3, -0.25) is 4.79 Å². The number of carbonyl (C=O) groups excluding carboxylic acids is 1. The van der Waals surface area contributed by atoms with Crippen molar-refractivity contribution in [3.63, 3.8) is 0 Å². The molecule has 6 heteroatoms. The van der Waals surface area contributed by atoms with Crippen LogP contribution in [0.25, 0.3) is 0 Å². The fourth-order valence-electron chi connectivity index (χ4n) is 2.19. The van der Waals surface area contributed by atoms with Gasteiger partial charge in [-0.2, -0.15) is 0 Å². The SMILES string of the molecule is CN1CCN(C(=O)c2ccc(Cl)c(C(C)(F)F)c2)CC1. The predicted octanol–water partition coefficient (Wildman–Crippen LogP) is 2.84. The molecular weight excluding hydrogens is 286 g/mol. The number of carbonyl (C=O) groups is 1. The van der Waals surface area contributed by atoms with Gasteiger partial charge in [0, 0.05) is 49.3 Å². The zero-order valence-corrected chi connectivity index (χ0v) is 12.3. The van der Waals surface area contributed by atoms with E-state index in [1.165, 1.54) is 18.2 Å². The van der Waals surface area contributed by atoms with E-state index in [2.05, 4.69) is 4.90 Å². The summed E-state index contributed by atoms with van der Waals surface area (Å²) >= 11 is 5.78. The van der Waals surface area contributed by atoms with Crippen molar-refractivity contribution in [3.8, 4) is 0 Å². The molecule has 0 radical (unpaired) electrons. The Balaban J connectivity index is 2.23. The van der Waals surface area contributed by atoms with E-state index in [0.717, 1.165) is 20.0 Å². The number of amides is 1. The Hall–Kier alpha value is -1.20. The van der Waals surface area contributed by atoms with Gasteiger partial charge in [-0.1, -0.05) is 11.6 Å². The molecule has 1 saturated heterocycles. The molecule has 0 bridgehead atoms. The lowest BCUT2D eigenvalue weighted by atomic mass is 10.0. The Morgan fingerprint density at radius 1 is 1.25 bits per heavy atom. The highest BCUT2D eigenvalue weighted by atomic mass is 35.5. The molecule has 0 saturated carbocycles. The number of rotatable bonds is 2. The lowest BCUT2D eigenvalue weighted by molar-refractivity contribution is 0.0175. The molecule has 0 unspecified atom stereocenters. The molecule has 0 N–H and O–H groups in total. The van der Waals surface area contributed by atoms with Crippen LogP contribution < -0.4 is 0 Å². The Kier molecular flexibility index (Phi) is 4.30. The number of halogens is 3. The number of likely N-dealkylation sites (N-methyl/N-ethyl adjacent to an activating group) is 1. The summed E-state index contributed by atoms with van der Waals surface area (Å²) in [6.07, 6.45) is 0. The van der Waals surface area contributed by atoms with E-state index in [0.29, 0.717) is 13.1 Å². The molecule has 0 spiro atoms. The van der Waals surface area contributed by atoms with Gasteiger partial charge in [0.25, 0.3) is 11.8 Å². The first-order valence-corrected chi connectivity index (χ1v) is 6.82. The summed E-state index contributed by atoms with van der Waals surface area (Å²) in [5.41, 5.74) is -0.0466. The minimum absolute atomic E-state index is 0.0209. The lowest BCUT2D eigenvalue weighted by Crippen LogP contribution is -2.47. The third-order valence-electron chi connectivity index (χ3n) is 3.48. The van der Waals surface area contributed by atoms with Crippen LogP contribution in [-0.4, -0.2) is 48.9 Å². The monoisotopic (exact) mass is 302 g/mol. The predicted molar refractivity (Wildman–Crippen MR) is 74.4 cm³/mol. The van der Waals surface area contributed by atoms with Gasteiger partial charge in [0.1, 0.15) is 0 Å². The van der Waals surface area contributed by atoms with E-state index in [-0.39, 0.29) is 22.1 Å². The molecule has 2 rings (SSSR count). The van der Waals surface area contributed by atoms with E-state index in [9.17, 15) is 13.6 Å². The third kappa shape index (κ3) is 3.27. The number of nitrogens with zero attached hydrogens (tertiary/aromatic N) is 2. The topological polar surface area (TPSA) is 23.6 Å². The van der Waals surface area contributed by atoms with Crippen LogP contribution in [0.1, 0.15) is 22.8 Å². The average Bonchev–Trinajstić information content (AvgIpc) is 2.38. The first-order valence-electron chi connectivity index (χ1n) is 6.44. The summed E-state index contributed by atoms with van der Waals surface area (Å²) in [7, 11) is 1.99. The third-order valence-corrected chi connectivity index (χ3v) is 3.81. The molecule has 0 aliphatic carbocycles. The maximum Gasteiger partial charge on any atom is 0.271 e. The zero-order valence-electron chi connectivity index (χ0n) is 11.5. The molecule has 1 aromatic rings. The maximum atomic E-state index is 13.4. The van der Waals surface area contributed by atoms with Crippen LogP contribution in [0.15, 0.2) is 18.2 Å². The van der Waals surface area contributed by atoms with Crippen molar-refractivity contribution in [2.24, 2.45) is 0 Å². The first-order chi connectivity index (χ1) is 9.29. The zero-order chi connectivity index (χ0) is 14.9. The maximum absolute atomic E-state index is 13.4. The second-order valence-corrected chi connectivity index (χ2v) is 5.59. The van der Waals surface area contributed by atoms with Gasteiger partial charge in [-0.25, -0.2) is 8.78 Å². The van der Waals surface area contributed by atoms with Crippen LogP contribution in [0, 0.1) is 0 Å². The summed E-state index contributed by atoms with van der Waals surface area (Å²) < 4.78 is 26.9. The molecule has 1 amide bonds. The second-order valence-electron chi connectivity index (χ2n) is 5.18. The highest BCUT2D eigenvalue weighted by molar-refractivity contribution is 6.31. The summed E-state index contributed by atoms with van der Waals surface area (Å²) in [4.78, 5) is 16.1. The van der Waals surface area contributed by atoms with E-state index in [4.69, 9.17) is 11.6 Å². The van der Waals surface area contributed by atoms with Gasteiger partial charge in [-0.15, -0.1) is 0 Å². The standard InChI is InChI=1S/C14H17ClF2N2O/c1-14(16,17)11-9-10(3-4-12(11)15)13(20)19-7-5-18(2)6-8-19/h3-4,9H,5-8H2,1-2H3. The van der Waals surface area contributed by atoms with E-state index in [1.54, 1.807) is 4.90 Å². The number of hydrogen-bond acceptors (Lipinski definition) is 2. The quantitative estimate of drug-likeness (QED) is 0.839. The summed E-state index contributed by atoms with van der Waals surface area (Å²) in [5, 5.41) is -0.0209. The van der Waals surface area contributed by atoms with Crippen LogP contribution in [0.2, 0.25) is 5.02 Å². The highest BCUT2D eigenvalue weighted by Crippen LogP contribution is 2.33. The van der Waals surface area contributed by atoms with Crippen molar-refractivity contribution < 1.29 is 13.6 Å². The van der Waals surface area contributed by atoms with Crippen LogP contribution in [-0.2, 0) is 5.92 Å². The van der Waals surface area contributed by atoms with Gasteiger partial charge in [0.15, 0.2) is 0 Å². The summed E-state index contributed by atoms with van der Waals surface area (Å²) in [6, 6.07) is 4.05. The second kappa shape index (κ2) is 5.66. The molecule has 3 nitrogen and oxygen atoms in total. The van der Waals surface area contributed by atoms with Gasteiger partial charge in [-0.05, 0) is 25.2 Å². The van der Waals surface area contributed by atoms with Crippen LogP contribution >= 0.6 is 11.6 Å². The molecule has 1 aromatic carbocycles. The Morgan fingerprint density at radius 3 is 2.40 bits per heavy atom. The van der Waals surface area contributed by atoms with E-state index in [1.807, 2.05) is 7.05 Å². The number of piperazine rings is 1. The van der Waals surface area contributed by atoms with Crippen molar-refractivity contribution in [1.29, 1.82) is 0 Å². The Labute approximate surface area is 122 Å². The molecule has 20 heavy (non-hydrogen) atoms. The summed E-state index contributed by atoms with van der Waals surface area (Å²) in [6.45, 7) is 3.57. The number of alkyl halides is 2. The molecule has 110 valence electrons. The molecule has 1 aliphatic rings. The molecular formula is C14H17ClF2N2O. The molecule has 0 aromatic heterocycles. The van der Waals surface area contributed by atoms with Crippen LogP contribution in [0.5, 0.6) is 0 Å². The minimum Gasteiger partial charge on any atom is -0.336 e. The Bertz CT molecular complexity index is 508. The number of benzene rings is 1. The average molecular weight is 303 g/mol. The molecule has 0 atom stereocenters. The minimum atomic E-state index is -3.06.